The smallest absolute Gasteiger partial charge is 0.316 e. The third-order valence-corrected chi connectivity index (χ3v) is 9.37. The van der Waals surface area contributed by atoms with Gasteiger partial charge in [-0.1, -0.05) is 82.8 Å². The molecule has 3 rings (SSSR count). The maximum Gasteiger partial charge on any atom is 0.316 e. The van der Waals surface area contributed by atoms with Gasteiger partial charge in [0.2, 0.25) is 0 Å². The van der Waals surface area contributed by atoms with Gasteiger partial charge in [0, 0.05) is 70.6 Å². The van der Waals surface area contributed by atoms with Gasteiger partial charge in [0.1, 0.15) is 18.1 Å². The van der Waals surface area contributed by atoms with E-state index in [1.165, 1.54) is 27.3 Å². The van der Waals surface area contributed by atoms with Crippen LogP contribution in [-0.4, -0.2) is 77.6 Å². The highest BCUT2D eigenvalue weighted by Gasteiger charge is 2.08. The molecule has 1 aromatic heterocycles. The van der Waals surface area contributed by atoms with Crippen molar-refractivity contribution in [3.05, 3.63) is 120 Å². The second-order valence-electron chi connectivity index (χ2n) is 11.7. The number of ether oxygens (including phenoxy) is 2. The van der Waals surface area contributed by atoms with Crippen LogP contribution in [0.2, 0.25) is 0 Å². The van der Waals surface area contributed by atoms with Crippen molar-refractivity contribution < 1.29 is 28.6 Å². The van der Waals surface area contributed by atoms with Gasteiger partial charge in [-0.25, -0.2) is 9.56 Å². The molecule has 2 aromatic carbocycles. The highest BCUT2D eigenvalue weighted by atomic mass is 33.1. The Labute approximate surface area is 305 Å². The first-order valence-corrected chi connectivity index (χ1v) is 19.1. The normalized spacial score (nSPS) is 11.7. The predicted molar refractivity (Wildman–Crippen MR) is 212 cm³/mol. The lowest BCUT2D eigenvalue weighted by Gasteiger charge is -2.11. The summed E-state index contributed by atoms with van der Waals surface area (Å²) in [6.07, 6.45) is 19.3. The van der Waals surface area contributed by atoms with E-state index in [1.54, 1.807) is 6.08 Å². The van der Waals surface area contributed by atoms with Gasteiger partial charge in [0.25, 0.3) is 0 Å². The van der Waals surface area contributed by atoms with E-state index in [9.17, 15) is 9.59 Å². The minimum absolute atomic E-state index is 0.178. The van der Waals surface area contributed by atoms with Gasteiger partial charge >= 0.3 is 11.9 Å². The highest BCUT2D eigenvalue weighted by molar-refractivity contribution is 8.77. The number of carbonyl (C=O) groups excluding carboxylic acids is 2. The standard InChI is InChI=1S/C40H49N4O4S2/c1-6-33(9-10-34-13-17-37(18-14-34)42(2)3)21-25-41-24-7-29-47-39(45)31-49-50-32-40(46)48-30-8-26-44-27-22-36(23-28-44)12-11-35-15-19-38(20-16-35)43(4)5/h6,9-23,25,27-28H,1,7-8,24,26,29-32H2,2-5H3/q+1/p+1/b10-9+,33-21+,41-25?. The van der Waals surface area contributed by atoms with Crippen LogP contribution in [0.25, 0.3) is 18.2 Å². The largest absolute Gasteiger partial charge is 0.465 e. The molecule has 1 heterocycles. The molecule has 0 spiro atoms. The Bertz CT molecular complexity index is 1600. The van der Waals surface area contributed by atoms with Gasteiger partial charge in [-0.3, -0.25) is 9.59 Å². The third kappa shape index (κ3) is 16.2. The number of benzene rings is 2. The van der Waals surface area contributed by atoms with Crippen molar-refractivity contribution in [3.63, 3.8) is 0 Å². The van der Waals surface area contributed by atoms with E-state index in [0.29, 0.717) is 26.2 Å². The van der Waals surface area contributed by atoms with E-state index in [0.717, 1.165) is 40.9 Å². The summed E-state index contributed by atoms with van der Waals surface area (Å²) in [5.74, 6) is -0.223. The van der Waals surface area contributed by atoms with Crippen molar-refractivity contribution in [2.75, 3.05) is 69.3 Å². The molecule has 3 aromatic rings. The molecule has 0 saturated heterocycles. The number of nitrogens with one attached hydrogen (secondary N) is 1. The van der Waals surface area contributed by atoms with Crippen molar-refractivity contribution in [1.82, 2.24) is 0 Å². The summed E-state index contributed by atoms with van der Waals surface area (Å²) in [4.78, 5) is 31.4. The quantitative estimate of drug-likeness (QED) is 0.0388. The van der Waals surface area contributed by atoms with Crippen molar-refractivity contribution in [2.24, 2.45) is 0 Å². The molecular weight excluding hydrogens is 665 g/mol. The number of aryl methyl sites for hydroxylation is 1. The molecule has 0 bridgehead atoms. The molecule has 0 aliphatic heterocycles. The summed E-state index contributed by atoms with van der Waals surface area (Å²) in [6.45, 7) is 5.98. The second-order valence-corrected chi connectivity index (χ2v) is 14.1. The van der Waals surface area contributed by atoms with Crippen LogP contribution >= 0.6 is 21.6 Å². The Kier molecular flexibility index (Phi) is 18.3. The molecule has 0 amide bonds. The predicted octanol–water partition coefficient (Wildman–Crippen LogP) is 5.50. The number of esters is 2. The van der Waals surface area contributed by atoms with Crippen LogP contribution in [0.15, 0.2) is 103 Å². The Morgan fingerprint density at radius 2 is 1.24 bits per heavy atom. The van der Waals surface area contributed by atoms with Gasteiger partial charge in [-0.2, -0.15) is 0 Å². The van der Waals surface area contributed by atoms with E-state index in [-0.39, 0.29) is 23.4 Å². The van der Waals surface area contributed by atoms with E-state index in [2.05, 4.69) is 98.8 Å². The molecule has 264 valence electrons. The van der Waals surface area contributed by atoms with Crippen molar-refractivity contribution in [1.29, 1.82) is 0 Å². The van der Waals surface area contributed by atoms with Crippen LogP contribution in [0.3, 0.4) is 0 Å². The fraction of sp³-hybridized carbons (Fsp3) is 0.300. The van der Waals surface area contributed by atoms with Crippen LogP contribution in [0.1, 0.15) is 29.5 Å². The first-order valence-electron chi connectivity index (χ1n) is 16.6. The summed E-state index contributed by atoms with van der Waals surface area (Å²) < 4.78 is 12.7. The van der Waals surface area contributed by atoms with E-state index in [4.69, 9.17) is 9.47 Å². The first-order chi connectivity index (χ1) is 24.2. The molecule has 1 N–H and O–H groups in total. The van der Waals surface area contributed by atoms with Gasteiger partial charge in [-0.15, -0.1) is 0 Å². The lowest BCUT2D eigenvalue weighted by Crippen LogP contribution is -2.68. The molecule has 0 fully saturated rings. The zero-order valence-electron chi connectivity index (χ0n) is 29.6. The summed E-state index contributed by atoms with van der Waals surface area (Å²) in [6, 6.07) is 20.9. The number of hydrogen-bond acceptors (Lipinski definition) is 8. The first kappa shape index (κ1) is 39.9. The van der Waals surface area contributed by atoms with E-state index >= 15 is 0 Å². The number of aromatic nitrogens is 1. The van der Waals surface area contributed by atoms with Crippen molar-refractivity contribution in [2.45, 2.75) is 19.4 Å². The number of nitrogens with zero attached hydrogens (tertiary/aromatic N) is 3. The molecular formula is C40H50N4O4S2+2. The molecule has 0 aliphatic rings. The SMILES string of the molecule is C=CC(/C=C/c1ccc(N(C)C)cc1)=C\C=[NH+]CCCOC(=O)CSSCC(=O)OCCC[n+]1ccc(/C=C/c2ccc(N(C)C)cc2)cc1. The van der Waals surface area contributed by atoms with Gasteiger partial charge in [0.05, 0.1) is 13.2 Å². The molecule has 10 heteroatoms. The van der Waals surface area contributed by atoms with Crippen LogP contribution in [-0.2, 0) is 25.6 Å². The number of carbonyl (C=O) groups is 2. The van der Waals surface area contributed by atoms with Gasteiger partial charge in [-0.05, 0) is 46.5 Å². The van der Waals surface area contributed by atoms with Crippen molar-refractivity contribution >= 4 is 69.3 Å². The topological polar surface area (TPSA) is 76.9 Å². The van der Waals surface area contributed by atoms with Crippen LogP contribution in [0.5, 0.6) is 0 Å². The molecule has 0 saturated carbocycles. The maximum absolute atomic E-state index is 12.1. The lowest BCUT2D eigenvalue weighted by molar-refractivity contribution is -0.697. The molecule has 0 atom stereocenters. The zero-order valence-corrected chi connectivity index (χ0v) is 31.3. The third-order valence-electron chi connectivity index (χ3n) is 7.29. The summed E-state index contributed by atoms with van der Waals surface area (Å²) >= 11 is 0. The average Bonchev–Trinajstić information content (AvgIpc) is 3.12. The number of hydrogen-bond donors (Lipinski definition) is 1. The van der Waals surface area contributed by atoms with Crippen molar-refractivity contribution in [3.8, 4) is 0 Å². The van der Waals surface area contributed by atoms with E-state index < -0.39 is 0 Å². The van der Waals surface area contributed by atoms with Crippen LogP contribution in [0, 0.1) is 0 Å². The highest BCUT2D eigenvalue weighted by Crippen LogP contribution is 2.21. The number of rotatable bonds is 21. The Morgan fingerprint density at radius 3 is 1.76 bits per heavy atom. The molecule has 0 radical (unpaired) electrons. The van der Waals surface area contributed by atoms with E-state index in [1.807, 2.05) is 65.0 Å². The maximum atomic E-state index is 12.1. The summed E-state index contributed by atoms with van der Waals surface area (Å²) in [7, 11) is 10.7. The zero-order chi connectivity index (χ0) is 36.0. The lowest BCUT2D eigenvalue weighted by atomic mass is 10.1. The molecule has 50 heavy (non-hydrogen) atoms. The minimum Gasteiger partial charge on any atom is -0.465 e. The molecule has 0 unspecified atom stereocenters. The number of anilines is 2. The Morgan fingerprint density at radius 1 is 0.740 bits per heavy atom. The molecule has 0 aliphatic carbocycles. The number of pyridine rings is 1. The van der Waals surface area contributed by atoms with Crippen LogP contribution < -0.4 is 19.4 Å². The molecule has 8 nitrogen and oxygen atoms in total. The van der Waals surface area contributed by atoms with Gasteiger partial charge in [0.15, 0.2) is 25.2 Å². The van der Waals surface area contributed by atoms with Crippen LogP contribution in [0.4, 0.5) is 11.4 Å². The minimum atomic E-state index is -0.297. The Balaban J connectivity index is 1.19. The fourth-order valence-electron chi connectivity index (χ4n) is 4.37. The van der Waals surface area contributed by atoms with Gasteiger partial charge < -0.3 is 19.3 Å². The summed E-state index contributed by atoms with van der Waals surface area (Å²) in [5.41, 5.74) is 6.70. The fourth-order valence-corrected chi connectivity index (χ4v) is 5.97. The Hall–Kier alpha value is -4.54. The summed E-state index contributed by atoms with van der Waals surface area (Å²) in [5, 5.41) is 0. The second kappa shape index (κ2) is 23.0. The number of allylic oxidation sites excluding steroid dienone is 4. The average molecular weight is 715 g/mol. The monoisotopic (exact) mass is 714 g/mol.